The van der Waals surface area contributed by atoms with Crippen molar-refractivity contribution in [3.63, 3.8) is 0 Å². The van der Waals surface area contributed by atoms with Gasteiger partial charge in [0.15, 0.2) is 6.61 Å². The molecule has 0 aromatic heterocycles. The van der Waals surface area contributed by atoms with Crippen molar-refractivity contribution in [3.05, 3.63) is 70.2 Å². The zero-order valence-corrected chi connectivity index (χ0v) is 19.8. The molecular formula is C25H23BrN2O5. The number of hydrogen-bond donors (Lipinski definition) is 1. The summed E-state index contributed by atoms with van der Waals surface area (Å²) >= 11 is 3.40. The Morgan fingerprint density at radius 2 is 1.85 bits per heavy atom. The van der Waals surface area contributed by atoms with Crippen molar-refractivity contribution < 1.29 is 23.9 Å². The number of halogens is 1. The van der Waals surface area contributed by atoms with E-state index < -0.39 is 18.5 Å². The Kier molecular flexibility index (Phi) is 6.47. The lowest BCUT2D eigenvalue weighted by atomic mass is 9.78. The predicted molar refractivity (Wildman–Crippen MR) is 127 cm³/mol. The van der Waals surface area contributed by atoms with Crippen LogP contribution < -0.4 is 10.2 Å². The number of hydrogen-bond acceptors (Lipinski definition) is 5. The van der Waals surface area contributed by atoms with Crippen LogP contribution in [0.1, 0.15) is 29.3 Å². The molecular weight excluding hydrogens is 488 g/mol. The first-order valence-electron chi connectivity index (χ1n) is 10.6. The molecule has 0 radical (unpaired) electrons. The number of nitrogens with one attached hydrogen (secondary N) is 1. The predicted octanol–water partition coefficient (Wildman–Crippen LogP) is 4.25. The summed E-state index contributed by atoms with van der Waals surface area (Å²) in [7, 11) is 0. The molecule has 0 bridgehead atoms. The topological polar surface area (TPSA) is 92.8 Å². The molecule has 7 nitrogen and oxygen atoms in total. The van der Waals surface area contributed by atoms with Gasteiger partial charge < -0.3 is 10.1 Å². The number of rotatable bonds is 5. The molecule has 0 saturated carbocycles. The molecule has 33 heavy (non-hydrogen) atoms. The quantitative estimate of drug-likeness (QED) is 0.368. The molecule has 1 aliphatic heterocycles. The van der Waals surface area contributed by atoms with E-state index in [1.54, 1.807) is 24.3 Å². The van der Waals surface area contributed by atoms with E-state index in [2.05, 4.69) is 21.2 Å². The molecule has 4 rings (SSSR count). The van der Waals surface area contributed by atoms with E-state index in [0.29, 0.717) is 17.8 Å². The summed E-state index contributed by atoms with van der Waals surface area (Å²) in [6.45, 7) is 3.40. The number of carbonyl (C=O) groups excluding carboxylic acids is 4. The number of benzene rings is 2. The van der Waals surface area contributed by atoms with Gasteiger partial charge in [0.2, 0.25) is 11.8 Å². The minimum Gasteiger partial charge on any atom is -0.452 e. The average molecular weight is 511 g/mol. The van der Waals surface area contributed by atoms with Crippen LogP contribution >= 0.6 is 15.9 Å². The van der Waals surface area contributed by atoms with Gasteiger partial charge in [0.1, 0.15) is 0 Å². The number of ether oxygens (including phenoxy) is 1. The van der Waals surface area contributed by atoms with Crippen LogP contribution in [0.5, 0.6) is 0 Å². The highest BCUT2D eigenvalue weighted by Gasteiger charge is 2.50. The van der Waals surface area contributed by atoms with Gasteiger partial charge in [-0.05, 0) is 67.3 Å². The van der Waals surface area contributed by atoms with Crippen LogP contribution in [0.25, 0.3) is 0 Å². The van der Waals surface area contributed by atoms with Gasteiger partial charge >= 0.3 is 5.97 Å². The van der Waals surface area contributed by atoms with Gasteiger partial charge in [-0.15, -0.1) is 0 Å². The largest absolute Gasteiger partial charge is 0.452 e. The molecule has 2 aromatic carbocycles. The molecule has 0 spiro atoms. The Hall–Kier alpha value is -3.26. The molecule has 1 heterocycles. The van der Waals surface area contributed by atoms with E-state index in [0.717, 1.165) is 10.0 Å². The SMILES string of the molecule is Cc1cc(NC(=O)COC(=O)c2ccc(N3C(=O)[C@@H]4[C@@H](C)C=CC[C@H]4C3=O)cc2)ccc1Br. The number of aryl methyl sites for hydroxylation is 1. The summed E-state index contributed by atoms with van der Waals surface area (Å²) < 4.78 is 6.03. The van der Waals surface area contributed by atoms with Crippen LogP contribution in [0.3, 0.4) is 0 Å². The zero-order chi connectivity index (χ0) is 23.7. The number of anilines is 2. The summed E-state index contributed by atoms with van der Waals surface area (Å²) in [5.41, 5.74) is 2.21. The number of imide groups is 1. The highest BCUT2D eigenvalue weighted by molar-refractivity contribution is 9.10. The second-order valence-corrected chi connectivity index (χ2v) is 9.16. The molecule has 2 aromatic rings. The minimum atomic E-state index is -0.672. The van der Waals surface area contributed by atoms with Crippen molar-refractivity contribution in [3.8, 4) is 0 Å². The number of carbonyl (C=O) groups is 4. The maximum absolute atomic E-state index is 12.9. The van der Waals surface area contributed by atoms with Gasteiger partial charge in [-0.25, -0.2) is 4.79 Å². The van der Waals surface area contributed by atoms with E-state index in [4.69, 9.17) is 4.74 Å². The lowest BCUT2D eigenvalue weighted by Crippen LogP contribution is -2.31. The normalized spacial score (nSPS) is 21.7. The van der Waals surface area contributed by atoms with Gasteiger partial charge in [0.25, 0.3) is 5.91 Å². The molecule has 170 valence electrons. The van der Waals surface area contributed by atoms with E-state index in [1.165, 1.54) is 17.0 Å². The van der Waals surface area contributed by atoms with E-state index in [-0.39, 0.29) is 35.1 Å². The zero-order valence-electron chi connectivity index (χ0n) is 18.2. The summed E-state index contributed by atoms with van der Waals surface area (Å²) in [5, 5.41) is 2.68. The molecule has 3 atom stereocenters. The van der Waals surface area contributed by atoms with Crippen molar-refractivity contribution in [1.29, 1.82) is 0 Å². The first-order valence-corrected chi connectivity index (χ1v) is 11.4. The van der Waals surface area contributed by atoms with Crippen molar-refractivity contribution in [1.82, 2.24) is 0 Å². The Labute approximate surface area is 199 Å². The van der Waals surface area contributed by atoms with Crippen molar-refractivity contribution in [2.24, 2.45) is 17.8 Å². The minimum absolute atomic E-state index is 0.00641. The van der Waals surface area contributed by atoms with Gasteiger partial charge in [0, 0.05) is 10.2 Å². The number of allylic oxidation sites excluding steroid dienone is 2. The highest BCUT2D eigenvalue weighted by atomic mass is 79.9. The van der Waals surface area contributed by atoms with Gasteiger partial charge in [-0.3, -0.25) is 19.3 Å². The van der Waals surface area contributed by atoms with Crippen LogP contribution in [0.4, 0.5) is 11.4 Å². The Morgan fingerprint density at radius 3 is 2.52 bits per heavy atom. The summed E-state index contributed by atoms with van der Waals surface area (Å²) in [5.74, 6) is -2.23. The maximum atomic E-state index is 12.9. The monoisotopic (exact) mass is 510 g/mol. The Bertz CT molecular complexity index is 1160. The Balaban J connectivity index is 1.36. The third-order valence-electron chi connectivity index (χ3n) is 6.01. The third-order valence-corrected chi connectivity index (χ3v) is 6.90. The fraction of sp³-hybridized carbons (Fsp3) is 0.280. The molecule has 1 fully saturated rings. The summed E-state index contributed by atoms with van der Waals surface area (Å²) in [6.07, 6.45) is 4.49. The van der Waals surface area contributed by atoms with Crippen LogP contribution in [-0.4, -0.2) is 30.3 Å². The van der Waals surface area contributed by atoms with Crippen LogP contribution in [0.15, 0.2) is 59.1 Å². The highest BCUT2D eigenvalue weighted by Crippen LogP contribution is 2.40. The average Bonchev–Trinajstić information content (AvgIpc) is 3.06. The molecule has 1 saturated heterocycles. The van der Waals surface area contributed by atoms with Crippen LogP contribution in [0, 0.1) is 24.7 Å². The van der Waals surface area contributed by atoms with E-state index in [9.17, 15) is 19.2 Å². The van der Waals surface area contributed by atoms with Crippen LogP contribution in [-0.2, 0) is 19.1 Å². The molecule has 0 unspecified atom stereocenters. The number of esters is 1. The van der Waals surface area contributed by atoms with Crippen LogP contribution in [0.2, 0.25) is 0 Å². The van der Waals surface area contributed by atoms with E-state index in [1.807, 2.05) is 32.1 Å². The van der Waals surface area contributed by atoms with Crippen molar-refractivity contribution >= 4 is 51.0 Å². The van der Waals surface area contributed by atoms with E-state index >= 15 is 0 Å². The molecule has 1 aliphatic carbocycles. The Morgan fingerprint density at radius 1 is 1.12 bits per heavy atom. The molecule has 3 amide bonds. The fourth-order valence-corrected chi connectivity index (χ4v) is 4.53. The second kappa shape index (κ2) is 9.31. The first-order chi connectivity index (χ1) is 15.8. The second-order valence-electron chi connectivity index (χ2n) is 8.30. The lowest BCUT2D eigenvalue weighted by Gasteiger charge is -2.22. The lowest BCUT2D eigenvalue weighted by molar-refractivity contribution is -0.123. The standard InChI is InChI=1S/C25H23BrN2O5/c1-14-4-3-5-19-22(14)24(31)28(23(19)30)18-9-6-16(7-10-18)25(32)33-13-21(29)27-17-8-11-20(26)15(2)12-17/h3-4,6-12,14,19,22H,5,13H2,1-2H3,(H,27,29)/t14-,19+,22+/m0/s1. The maximum Gasteiger partial charge on any atom is 0.338 e. The molecule has 8 heteroatoms. The third kappa shape index (κ3) is 4.61. The first kappa shape index (κ1) is 22.9. The number of fused-ring (bicyclic) bond motifs is 1. The molecule has 2 aliphatic rings. The van der Waals surface area contributed by atoms with Gasteiger partial charge in [-0.2, -0.15) is 0 Å². The molecule has 1 N–H and O–H groups in total. The summed E-state index contributed by atoms with van der Waals surface area (Å²) in [4.78, 5) is 51.4. The number of amides is 3. The van der Waals surface area contributed by atoms with Gasteiger partial charge in [0.05, 0.1) is 23.1 Å². The fourth-order valence-electron chi connectivity index (χ4n) is 4.28. The van der Waals surface area contributed by atoms with Crippen molar-refractivity contribution in [2.75, 3.05) is 16.8 Å². The van der Waals surface area contributed by atoms with Crippen molar-refractivity contribution in [2.45, 2.75) is 20.3 Å². The number of nitrogens with zero attached hydrogens (tertiary/aromatic N) is 1. The van der Waals surface area contributed by atoms with Gasteiger partial charge in [-0.1, -0.05) is 35.0 Å². The smallest absolute Gasteiger partial charge is 0.338 e. The summed E-state index contributed by atoms with van der Waals surface area (Å²) in [6, 6.07) is 11.4.